The van der Waals surface area contributed by atoms with Gasteiger partial charge in [-0.2, -0.15) is 0 Å². The molecule has 0 heterocycles. The van der Waals surface area contributed by atoms with Gasteiger partial charge in [0, 0.05) is 6.42 Å². The van der Waals surface area contributed by atoms with Gasteiger partial charge in [-0.05, 0) is 39.0 Å². The lowest BCUT2D eigenvalue weighted by atomic mass is 10.1. The van der Waals surface area contributed by atoms with Crippen LogP contribution in [0.4, 0.5) is 0 Å². The van der Waals surface area contributed by atoms with E-state index in [0.717, 1.165) is 12.8 Å². The van der Waals surface area contributed by atoms with Crippen molar-refractivity contribution in [3.63, 3.8) is 0 Å². The van der Waals surface area contributed by atoms with E-state index in [9.17, 15) is 9.59 Å². The maximum atomic E-state index is 10.5. The first-order valence-corrected chi connectivity index (χ1v) is 11.9. The van der Waals surface area contributed by atoms with Crippen LogP contribution in [-0.4, -0.2) is 57.8 Å². The third-order valence-electron chi connectivity index (χ3n) is 4.62. The molecule has 0 rings (SSSR count). The number of carboxylic acids is 1. The SMILES string of the molecule is CC(O)C(=O)OCC(O)CO.CCCCCCCC/C=C\CCCCCCCC(=O)O. The van der Waals surface area contributed by atoms with Crippen LogP contribution in [0.3, 0.4) is 0 Å². The third-order valence-corrected chi connectivity index (χ3v) is 4.62. The predicted molar refractivity (Wildman–Crippen MR) is 123 cm³/mol. The molecule has 7 nitrogen and oxygen atoms in total. The Hall–Kier alpha value is -1.44. The molecule has 0 bridgehead atoms. The first kappa shape index (κ1) is 31.7. The minimum atomic E-state index is -1.19. The number of ether oxygens (including phenoxy) is 1. The van der Waals surface area contributed by atoms with Crippen molar-refractivity contribution in [2.45, 2.75) is 116 Å². The summed E-state index contributed by atoms with van der Waals surface area (Å²) < 4.78 is 4.36. The average Bonchev–Trinajstić information content (AvgIpc) is 2.74. The average molecular weight is 447 g/mol. The van der Waals surface area contributed by atoms with E-state index in [1.807, 2.05) is 0 Å². The van der Waals surface area contributed by atoms with Crippen LogP contribution in [-0.2, 0) is 14.3 Å². The van der Waals surface area contributed by atoms with Gasteiger partial charge in [-0.15, -0.1) is 0 Å². The second-order valence-electron chi connectivity index (χ2n) is 7.87. The number of unbranched alkanes of at least 4 members (excludes halogenated alkanes) is 11. The lowest BCUT2D eigenvalue weighted by Crippen LogP contribution is -2.26. The molecule has 0 amide bonds. The van der Waals surface area contributed by atoms with Gasteiger partial charge in [0.2, 0.25) is 0 Å². The number of carbonyl (C=O) groups is 2. The number of esters is 1. The number of allylic oxidation sites excluding steroid dienone is 2. The van der Waals surface area contributed by atoms with Gasteiger partial charge in [-0.25, -0.2) is 4.79 Å². The summed E-state index contributed by atoms with van der Waals surface area (Å²) >= 11 is 0. The van der Waals surface area contributed by atoms with Crippen LogP contribution in [0, 0.1) is 0 Å². The van der Waals surface area contributed by atoms with Crippen molar-refractivity contribution in [1.29, 1.82) is 0 Å². The van der Waals surface area contributed by atoms with Crippen LogP contribution in [0.5, 0.6) is 0 Å². The lowest BCUT2D eigenvalue weighted by Gasteiger charge is -2.09. The van der Waals surface area contributed by atoms with Crippen molar-refractivity contribution in [2.75, 3.05) is 13.2 Å². The summed E-state index contributed by atoms with van der Waals surface area (Å²) in [5.74, 6) is -1.47. The third kappa shape index (κ3) is 28.6. The second-order valence-corrected chi connectivity index (χ2v) is 7.87. The van der Waals surface area contributed by atoms with Gasteiger partial charge in [0.25, 0.3) is 0 Å². The van der Waals surface area contributed by atoms with Gasteiger partial charge in [0.1, 0.15) is 18.8 Å². The largest absolute Gasteiger partial charge is 0.481 e. The molecule has 4 N–H and O–H groups in total. The molecule has 0 aromatic heterocycles. The Bertz CT molecular complexity index is 436. The Morgan fingerprint density at radius 3 is 1.77 bits per heavy atom. The van der Waals surface area contributed by atoms with Crippen molar-refractivity contribution in [3.05, 3.63) is 12.2 Å². The van der Waals surface area contributed by atoms with E-state index in [2.05, 4.69) is 23.8 Å². The molecule has 184 valence electrons. The van der Waals surface area contributed by atoms with Crippen molar-refractivity contribution in [2.24, 2.45) is 0 Å². The second kappa shape index (κ2) is 24.8. The monoisotopic (exact) mass is 446 g/mol. The Labute approximate surface area is 188 Å². The Balaban J connectivity index is 0. The molecule has 0 fully saturated rings. The molecule has 0 aliphatic carbocycles. The number of carboxylic acid groups (broad SMARTS) is 1. The van der Waals surface area contributed by atoms with E-state index >= 15 is 0 Å². The van der Waals surface area contributed by atoms with Crippen molar-refractivity contribution in [3.8, 4) is 0 Å². The standard InChI is InChI=1S/C18H34O2.C6H12O5/c1-2-3-4-5-6-7-8-9-10-11-12-13-14-15-16-17-18(19)20;1-4(8)6(10)11-3-5(9)2-7/h9-10H,2-8,11-17H2,1H3,(H,19,20);4-5,7-9H,2-3H2,1H3/b10-9-;. The minimum Gasteiger partial charge on any atom is -0.481 e. The zero-order valence-corrected chi connectivity index (χ0v) is 19.6. The van der Waals surface area contributed by atoms with Crippen molar-refractivity contribution in [1.82, 2.24) is 0 Å². The van der Waals surface area contributed by atoms with Crippen LogP contribution in [0.25, 0.3) is 0 Å². The molecule has 0 aliphatic heterocycles. The summed E-state index contributed by atoms with van der Waals surface area (Å²) in [6, 6.07) is 0. The Morgan fingerprint density at radius 1 is 0.839 bits per heavy atom. The van der Waals surface area contributed by atoms with Crippen LogP contribution in [0.15, 0.2) is 12.2 Å². The summed E-state index contributed by atoms with van der Waals surface area (Å²) in [6.45, 7) is 2.76. The molecule has 7 heteroatoms. The highest BCUT2D eigenvalue weighted by Gasteiger charge is 2.12. The minimum absolute atomic E-state index is 0.291. The fourth-order valence-electron chi connectivity index (χ4n) is 2.70. The fraction of sp³-hybridized carbons (Fsp3) is 0.833. The van der Waals surface area contributed by atoms with Crippen LogP contribution >= 0.6 is 0 Å². The van der Waals surface area contributed by atoms with Crippen LogP contribution < -0.4 is 0 Å². The Morgan fingerprint density at radius 2 is 1.32 bits per heavy atom. The highest BCUT2D eigenvalue weighted by molar-refractivity contribution is 5.73. The lowest BCUT2D eigenvalue weighted by molar-refractivity contribution is -0.156. The number of aliphatic carboxylic acids is 1. The van der Waals surface area contributed by atoms with E-state index in [1.165, 1.54) is 77.6 Å². The van der Waals surface area contributed by atoms with Crippen molar-refractivity contribution < 1.29 is 34.8 Å². The van der Waals surface area contributed by atoms with Gasteiger partial charge >= 0.3 is 11.9 Å². The molecular weight excluding hydrogens is 400 g/mol. The van der Waals surface area contributed by atoms with Gasteiger partial charge in [0.15, 0.2) is 0 Å². The van der Waals surface area contributed by atoms with Gasteiger partial charge in [-0.1, -0.05) is 70.4 Å². The highest BCUT2D eigenvalue weighted by Crippen LogP contribution is 2.09. The molecule has 0 aromatic rings. The number of hydrogen-bond acceptors (Lipinski definition) is 6. The molecule has 2 atom stereocenters. The fourth-order valence-corrected chi connectivity index (χ4v) is 2.70. The molecule has 0 saturated carbocycles. The van der Waals surface area contributed by atoms with Crippen LogP contribution in [0.2, 0.25) is 0 Å². The van der Waals surface area contributed by atoms with Crippen LogP contribution in [0.1, 0.15) is 104 Å². The summed E-state index contributed by atoms with van der Waals surface area (Å²) in [7, 11) is 0. The van der Waals surface area contributed by atoms with Gasteiger partial charge < -0.3 is 25.2 Å². The normalized spacial score (nSPS) is 12.8. The predicted octanol–water partition coefficient (Wildman–Crippen LogP) is 4.37. The molecule has 2 unspecified atom stereocenters. The van der Waals surface area contributed by atoms with Crippen molar-refractivity contribution >= 4 is 11.9 Å². The summed E-state index contributed by atoms with van der Waals surface area (Å²) in [4.78, 5) is 20.8. The van der Waals surface area contributed by atoms with Gasteiger partial charge in [0.05, 0.1) is 6.61 Å². The summed E-state index contributed by atoms with van der Waals surface area (Å²) in [6.07, 6.45) is 19.0. The van der Waals surface area contributed by atoms with E-state index < -0.39 is 30.8 Å². The zero-order chi connectivity index (χ0) is 23.7. The quantitative estimate of drug-likeness (QED) is 0.132. The highest BCUT2D eigenvalue weighted by atomic mass is 16.6. The molecule has 0 aromatic carbocycles. The number of rotatable bonds is 19. The maximum absolute atomic E-state index is 10.5. The first-order valence-electron chi connectivity index (χ1n) is 11.9. The smallest absolute Gasteiger partial charge is 0.334 e. The number of carbonyl (C=O) groups excluding carboxylic acids is 1. The summed E-state index contributed by atoms with van der Waals surface area (Å²) in [5, 5.41) is 34.1. The maximum Gasteiger partial charge on any atom is 0.334 e. The molecule has 0 spiro atoms. The number of aliphatic hydroxyl groups is 3. The molecular formula is C24H46O7. The summed E-state index contributed by atoms with van der Waals surface area (Å²) in [5.41, 5.74) is 0. The van der Waals surface area contributed by atoms with E-state index in [-0.39, 0.29) is 6.61 Å². The van der Waals surface area contributed by atoms with E-state index in [0.29, 0.717) is 6.42 Å². The molecule has 0 saturated heterocycles. The van der Waals surface area contributed by atoms with E-state index in [4.69, 9.17) is 20.4 Å². The number of hydrogen-bond donors (Lipinski definition) is 4. The molecule has 31 heavy (non-hydrogen) atoms. The number of aliphatic hydroxyl groups excluding tert-OH is 3. The Kier molecular flexibility index (Phi) is 25.4. The zero-order valence-electron chi connectivity index (χ0n) is 19.6. The van der Waals surface area contributed by atoms with E-state index in [1.54, 1.807) is 0 Å². The molecule has 0 aliphatic rings. The molecule has 0 radical (unpaired) electrons. The topological polar surface area (TPSA) is 124 Å². The first-order chi connectivity index (χ1) is 14.8. The van der Waals surface area contributed by atoms with Gasteiger partial charge in [-0.3, -0.25) is 4.79 Å².